The van der Waals surface area contributed by atoms with Crippen LogP contribution in [0.3, 0.4) is 0 Å². The number of alkyl halides is 3. The van der Waals surface area contributed by atoms with Crippen molar-refractivity contribution in [2.75, 3.05) is 18.0 Å². The summed E-state index contributed by atoms with van der Waals surface area (Å²) in [7, 11) is 0. The van der Waals surface area contributed by atoms with E-state index < -0.39 is 23.1 Å². The molecule has 2 rings (SSSR count). The van der Waals surface area contributed by atoms with E-state index in [0.717, 1.165) is 18.7 Å². The van der Waals surface area contributed by atoms with E-state index in [2.05, 4.69) is 4.98 Å². The van der Waals surface area contributed by atoms with Crippen molar-refractivity contribution in [1.82, 2.24) is 4.98 Å². The zero-order valence-electron chi connectivity index (χ0n) is 11.7. The van der Waals surface area contributed by atoms with E-state index in [0.29, 0.717) is 25.2 Å². The van der Waals surface area contributed by atoms with Crippen LogP contribution in [0.1, 0.15) is 31.7 Å². The van der Waals surface area contributed by atoms with Gasteiger partial charge in [0.15, 0.2) is 0 Å². The Morgan fingerprint density at radius 2 is 2.19 bits per heavy atom. The fraction of sp³-hybridized carbons (Fsp3) is 0.571. The quantitative estimate of drug-likeness (QED) is 0.928. The fourth-order valence-corrected chi connectivity index (χ4v) is 2.77. The molecule has 116 valence electrons. The van der Waals surface area contributed by atoms with Gasteiger partial charge in [-0.3, -0.25) is 4.79 Å². The van der Waals surface area contributed by atoms with Crippen molar-refractivity contribution in [2.45, 2.75) is 32.4 Å². The number of halogens is 3. The molecule has 0 saturated carbocycles. The Balaban J connectivity index is 2.16. The average Bonchev–Trinajstić information content (AvgIpc) is 2.84. The summed E-state index contributed by atoms with van der Waals surface area (Å²) in [5.74, 6) is -0.457. The van der Waals surface area contributed by atoms with Crippen LogP contribution < -0.4 is 4.90 Å². The number of aromatic nitrogens is 1. The van der Waals surface area contributed by atoms with Crippen molar-refractivity contribution in [3.8, 4) is 0 Å². The molecule has 1 N–H and O–H groups in total. The van der Waals surface area contributed by atoms with Crippen LogP contribution in [0, 0.1) is 5.41 Å². The molecule has 1 fully saturated rings. The Bertz CT molecular complexity index is 516. The van der Waals surface area contributed by atoms with E-state index in [1.54, 1.807) is 4.90 Å². The summed E-state index contributed by atoms with van der Waals surface area (Å²) in [5.41, 5.74) is -1.62. The lowest BCUT2D eigenvalue weighted by atomic mass is 9.83. The SMILES string of the molecule is CCCC1(C(=O)O)CCN(c2ccc(C(F)(F)F)cn2)C1. The largest absolute Gasteiger partial charge is 0.481 e. The lowest BCUT2D eigenvalue weighted by Crippen LogP contribution is -2.34. The molecule has 4 nitrogen and oxygen atoms in total. The second kappa shape index (κ2) is 5.54. The number of rotatable bonds is 4. The fourth-order valence-electron chi connectivity index (χ4n) is 2.77. The molecular weight excluding hydrogens is 285 g/mol. The molecule has 1 saturated heterocycles. The molecule has 1 aromatic rings. The van der Waals surface area contributed by atoms with E-state index in [-0.39, 0.29) is 6.54 Å². The van der Waals surface area contributed by atoms with Gasteiger partial charge in [-0.2, -0.15) is 13.2 Å². The molecule has 1 unspecified atom stereocenters. The van der Waals surface area contributed by atoms with Gasteiger partial charge in [-0.15, -0.1) is 0 Å². The maximum absolute atomic E-state index is 12.5. The van der Waals surface area contributed by atoms with Crippen molar-refractivity contribution in [2.24, 2.45) is 5.41 Å². The van der Waals surface area contributed by atoms with Crippen LogP contribution in [0.5, 0.6) is 0 Å². The first-order chi connectivity index (χ1) is 9.78. The summed E-state index contributed by atoms with van der Waals surface area (Å²) in [4.78, 5) is 17.0. The average molecular weight is 302 g/mol. The van der Waals surface area contributed by atoms with Gasteiger partial charge >= 0.3 is 12.1 Å². The molecule has 0 bridgehead atoms. The molecule has 0 aliphatic carbocycles. The molecule has 1 aliphatic rings. The van der Waals surface area contributed by atoms with Crippen LogP contribution in [0.2, 0.25) is 0 Å². The van der Waals surface area contributed by atoms with E-state index in [4.69, 9.17) is 0 Å². The number of aliphatic carboxylic acids is 1. The number of hydrogen-bond donors (Lipinski definition) is 1. The minimum Gasteiger partial charge on any atom is -0.481 e. The first kappa shape index (κ1) is 15.6. The molecular formula is C14H17F3N2O2. The molecule has 1 aromatic heterocycles. The summed E-state index contributed by atoms with van der Waals surface area (Å²) in [6.07, 6.45) is -1.83. The Kier molecular flexibility index (Phi) is 4.11. The monoisotopic (exact) mass is 302 g/mol. The standard InChI is InChI=1S/C14H17F3N2O2/c1-2-5-13(12(20)21)6-7-19(9-13)11-4-3-10(8-18-11)14(15,16)17/h3-4,8H,2,5-7,9H2,1H3,(H,20,21). The van der Waals surface area contributed by atoms with Crippen molar-refractivity contribution < 1.29 is 23.1 Å². The minimum absolute atomic E-state index is 0.286. The lowest BCUT2D eigenvalue weighted by Gasteiger charge is -2.24. The smallest absolute Gasteiger partial charge is 0.417 e. The zero-order chi connectivity index (χ0) is 15.7. The third kappa shape index (κ3) is 3.11. The number of pyridine rings is 1. The summed E-state index contributed by atoms with van der Waals surface area (Å²) in [5, 5.41) is 9.41. The molecule has 1 atom stereocenters. The predicted molar refractivity (Wildman–Crippen MR) is 71.0 cm³/mol. The van der Waals surface area contributed by atoms with Gasteiger partial charge in [0.05, 0.1) is 11.0 Å². The molecule has 0 spiro atoms. The molecule has 1 aliphatic heterocycles. The summed E-state index contributed by atoms with van der Waals surface area (Å²) < 4.78 is 37.5. The van der Waals surface area contributed by atoms with E-state index in [1.807, 2.05) is 6.92 Å². The minimum atomic E-state index is -4.41. The highest BCUT2D eigenvalue weighted by Crippen LogP contribution is 2.37. The van der Waals surface area contributed by atoms with Crippen molar-refractivity contribution in [1.29, 1.82) is 0 Å². The molecule has 2 heterocycles. The number of carbonyl (C=O) groups is 1. The number of nitrogens with zero attached hydrogens (tertiary/aromatic N) is 2. The lowest BCUT2D eigenvalue weighted by molar-refractivity contribution is -0.148. The summed E-state index contributed by atoms with van der Waals surface area (Å²) >= 11 is 0. The Hall–Kier alpha value is -1.79. The van der Waals surface area contributed by atoms with Gasteiger partial charge in [0, 0.05) is 19.3 Å². The molecule has 21 heavy (non-hydrogen) atoms. The maximum Gasteiger partial charge on any atom is 0.417 e. The second-order valence-corrected chi connectivity index (χ2v) is 5.41. The van der Waals surface area contributed by atoms with Gasteiger partial charge in [0.1, 0.15) is 5.82 Å². The Labute approximate surface area is 120 Å². The van der Waals surface area contributed by atoms with Crippen LogP contribution in [0.4, 0.5) is 19.0 Å². The highest BCUT2D eigenvalue weighted by molar-refractivity contribution is 5.76. The first-order valence-electron chi connectivity index (χ1n) is 6.80. The third-order valence-electron chi connectivity index (χ3n) is 3.94. The maximum atomic E-state index is 12.5. The Morgan fingerprint density at radius 3 is 2.67 bits per heavy atom. The molecule has 0 amide bonds. The van der Waals surface area contributed by atoms with Gasteiger partial charge in [0.25, 0.3) is 0 Å². The molecule has 0 radical (unpaired) electrons. The van der Waals surface area contributed by atoms with Gasteiger partial charge in [0.2, 0.25) is 0 Å². The zero-order valence-corrected chi connectivity index (χ0v) is 11.7. The van der Waals surface area contributed by atoms with E-state index >= 15 is 0 Å². The molecule has 7 heteroatoms. The molecule has 0 aromatic carbocycles. The number of hydrogen-bond acceptors (Lipinski definition) is 3. The Morgan fingerprint density at radius 1 is 1.48 bits per heavy atom. The van der Waals surface area contributed by atoms with Crippen LogP contribution >= 0.6 is 0 Å². The normalized spacial score (nSPS) is 22.6. The van der Waals surface area contributed by atoms with Gasteiger partial charge in [-0.25, -0.2) is 4.98 Å². The van der Waals surface area contributed by atoms with Crippen LogP contribution in [0.25, 0.3) is 0 Å². The number of anilines is 1. The number of carboxylic acid groups (broad SMARTS) is 1. The van der Waals surface area contributed by atoms with Crippen molar-refractivity contribution in [3.05, 3.63) is 23.9 Å². The summed E-state index contributed by atoms with van der Waals surface area (Å²) in [6.45, 7) is 2.70. The summed E-state index contributed by atoms with van der Waals surface area (Å²) in [6, 6.07) is 2.27. The second-order valence-electron chi connectivity index (χ2n) is 5.41. The van der Waals surface area contributed by atoms with Crippen LogP contribution in [0.15, 0.2) is 18.3 Å². The van der Waals surface area contributed by atoms with Gasteiger partial charge < -0.3 is 10.0 Å². The first-order valence-corrected chi connectivity index (χ1v) is 6.80. The number of carboxylic acids is 1. The van der Waals surface area contributed by atoms with Gasteiger partial charge in [-0.1, -0.05) is 13.3 Å². The van der Waals surface area contributed by atoms with Crippen molar-refractivity contribution in [3.63, 3.8) is 0 Å². The highest BCUT2D eigenvalue weighted by Gasteiger charge is 2.44. The predicted octanol–water partition coefficient (Wildman–Crippen LogP) is 3.18. The highest BCUT2D eigenvalue weighted by atomic mass is 19.4. The van der Waals surface area contributed by atoms with Crippen LogP contribution in [-0.4, -0.2) is 29.1 Å². The topological polar surface area (TPSA) is 53.4 Å². The van der Waals surface area contributed by atoms with Crippen LogP contribution in [-0.2, 0) is 11.0 Å². The van der Waals surface area contributed by atoms with E-state index in [9.17, 15) is 23.1 Å². The van der Waals surface area contributed by atoms with Crippen molar-refractivity contribution >= 4 is 11.8 Å². The van der Waals surface area contributed by atoms with Gasteiger partial charge in [-0.05, 0) is 25.0 Å². The van der Waals surface area contributed by atoms with E-state index in [1.165, 1.54) is 6.07 Å². The third-order valence-corrected chi connectivity index (χ3v) is 3.94.